The molecule has 5 nitrogen and oxygen atoms in total. The summed E-state index contributed by atoms with van der Waals surface area (Å²) in [5.74, 6) is 0.133. The SMILES string of the molecule is NCCCS(=O)(=O)NC1CCN(Cc2ccccc2)CC1. The highest BCUT2D eigenvalue weighted by atomic mass is 32.2. The fourth-order valence-electron chi connectivity index (χ4n) is 2.64. The Hall–Kier alpha value is -0.950. The number of nitrogens with two attached hydrogens (primary N) is 1. The third kappa shape index (κ3) is 5.74. The number of benzene rings is 1. The molecule has 1 fully saturated rings. The van der Waals surface area contributed by atoms with Crippen molar-refractivity contribution >= 4 is 10.0 Å². The lowest BCUT2D eigenvalue weighted by Gasteiger charge is -2.32. The number of rotatable bonds is 7. The average molecular weight is 311 g/mol. The van der Waals surface area contributed by atoms with E-state index in [1.807, 2.05) is 18.2 Å². The molecule has 6 heteroatoms. The zero-order valence-electron chi connectivity index (χ0n) is 12.4. The molecular formula is C15H25N3O2S. The van der Waals surface area contributed by atoms with Crippen molar-refractivity contribution in [3.63, 3.8) is 0 Å². The van der Waals surface area contributed by atoms with Gasteiger partial charge < -0.3 is 5.73 Å². The molecule has 1 aliphatic rings. The molecule has 2 rings (SSSR count). The highest BCUT2D eigenvalue weighted by Crippen LogP contribution is 2.14. The highest BCUT2D eigenvalue weighted by Gasteiger charge is 2.23. The molecule has 1 heterocycles. The largest absolute Gasteiger partial charge is 0.330 e. The lowest BCUT2D eigenvalue weighted by Crippen LogP contribution is -2.45. The molecule has 0 aromatic heterocycles. The summed E-state index contributed by atoms with van der Waals surface area (Å²) >= 11 is 0. The zero-order valence-corrected chi connectivity index (χ0v) is 13.2. The monoisotopic (exact) mass is 311 g/mol. The van der Waals surface area contributed by atoms with E-state index in [1.165, 1.54) is 5.56 Å². The van der Waals surface area contributed by atoms with Gasteiger partial charge in [-0.05, 0) is 31.4 Å². The normalized spacial score (nSPS) is 18.0. The molecule has 1 aromatic carbocycles. The second-order valence-electron chi connectivity index (χ2n) is 5.61. The van der Waals surface area contributed by atoms with Crippen LogP contribution in [-0.2, 0) is 16.6 Å². The number of hydrogen-bond acceptors (Lipinski definition) is 4. The third-order valence-electron chi connectivity index (χ3n) is 3.80. The Bertz CT molecular complexity index is 511. The maximum absolute atomic E-state index is 11.8. The molecule has 0 unspecified atom stereocenters. The van der Waals surface area contributed by atoms with Crippen LogP contribution in [0.1, 0.15) is 24.8 Å². The Balaban J connectivity index is 1.75. The van der Waals surface area contributed by atoms with E-state index in [4.69, 9.17) is 5.73 Å². The van der Waals surface area contributed by atoms with Gasteiger partial charge in [-0.3, -0.25) is 4.90 Å². The fraction of sp³-hybridized carbons (Fsp3) is 0.600. The van der Waals surface area contributed by atoms with Gasteiger partial charge in [0, 0.05) is 25.7 Å². The van der Waals surface area contributed by atoms with Crippen molar-refractivity contribution in [3.05, 3.63) is 35.9 Å². The number of piperidine rings is 1. The first-order valence-electron chi connectivity index (χ1n) is 7.55. The van der Waals surface area contributed by atoms with Crippen molar-refractivity contribution in [1.82, 2.24) is 9.62 Å². The number of nitrogens with zero attached hydrogens (tertiary/aromatic N) is 1. The minimum Gasteiger partial charge on any atom is -0.330 e. The van der Waals surface area contributed by atoms with Crippen LogP contribution in [-0.4, -0.2) is 44.7 Å². The van der Waals surface area contributed by atoms with Crippen LogP contribution in [0.25, 0.3) is 0 Å². The number of hydrogen-bond donors (Lipinski definition) is 2. The molecule has 1 aliphatic heterocycles. The summed E-state index contributed by atoms with van der Waals surface area (Å²) in [7, 11) is -3.17. The van der Waals surface area contributed by atoms with Crippen molar-refractivity contribution in [1.29, 1.82) is 0 Å². The van der Waals surface area contributed by atoms with E-state index in [1.54, 1.807) is 0 Å². The van der Waals surface area contributed by atoms with Crippen molar-refractivity contribution in [2.24, 2.45) is 5.73 Å². The van der Waals surface area contributed by atoms with E-state index in [0.29, 0.717) is 13.0 Å². The van der Waals surface area contributed by atoms with Gasteiger partial charge in [0.1, 0.15) is 0 Å². The molecular weight excluding hydrogens is 286 g/mol. The van der Waals surface area contributed by atoms with Crippen LogP contribution in [0.2, 0.25) is 0 Å². The second kappa shape index (κ2) is 7.89. The van der Waals surface area contributed by atoms with E-state index >= 15 is 0 Å². The van der Waals surface area contributed by atoms with Gasteiger partial charge in [-0.2, -0.15) is 0 Å². The first-order valence-corrected chi connectivity index (χ1v) is 9.20. The Labute approximate surface area is 127 Å². The Morgan fingerprint density at radius 1 is 1.19 bits per heavy atom. The maximum Gasteiger partial charge on any atom is 0.211 e. The molecule has 1 aromatic rings. The quantitative estimate of drug-likeness (QED) is 0.785. The number of likely N-dealkylation sites (tertiary alicyclic amines) is 1. The predicted octanol–water partition coefficient (Wildman–Crippen LogP) is 0.919. The van der Waals surface area contributed by atoms with Gasteiger partial charge in [-0.15, -0.1) is 0 Å². The van der Waals surface area contributed by atoms with Crippen LogP contribution < -0.4 is 10.5 Å². The summed E-state index contributed by atoms with van der Waals surface area (Å²) in [4.78, 5) is 2.38. The Kier molecular flexibility index (Phi) is 6.17. The summed E-state index contributed by atoms with van der Waals surface area (Å²) in [5.41, 5.74) is 6.67. The van der Waals surface area contributed by atoms with Gasteiger partial charge in [0.25, 0.3) is 0 Å². The zero-order chi connectivity index (χ0) is 15.1. The van der Waals surface area contributed by atoms with Crippen LogP contribution in [0.15, 0.2) is 30.3 Å². The van der Waals surface area contributed by atoms with Gasteiger partial charge >= 0.3 is 0 Å². The lowest BCUT2D eigenvalue weighted by molar-refractivity contribution is 0.200. The topological polar surface area (TPSA) is 75.4 Å². The second-order valence-corrected chi connectivity index (χ2v) is 7.49. The first kappa shape index (κ1) is 16.4. The van der Waals surface area contributed by atoms with Crippen molar-refractivity contribution in [2.45, 2.75) is 31.8 Å². The summed E-state index contributed by atoms with van der Waals surface area (Å²) < 4.78 is 26.5. The molecule has 3 N–H and O–H groups in total. The molecule has 0 aliphatic carbocycles. The molecule has 0 amide bonds. The first-order chi connectivity index (χ1) is 10.1. The summed E-state index contributed by atoms with van der Waals surface area (Å²) in [6.07, 6.45) is 2.26. The smallest absolute Gasteiger partial charge is 0.211 e. The molecule has 1 saturated heterocycles. The van der Waals surface area contributed by atoms with Crippen LogP contribution in [0, 0.1) is 0 Å². The standard InChI is InChI=1S/C15H25N3O2S/c16-9-4-12-21(19,20)17-15-7-10-18(11-8-15)13-14-5-2-1-3-6-14/h1-3,5-6,15,17H,4,7-13,16H2. The minimum atomic E-state index is -3.17. The number of nitrogens with one attached hydrogen (secondary N) is 1. The van der Waals surface area contributed by atoms with E-state index in [-0.39, 0.29) is 11.8 Å². The van der Waals surface area contributed by atoms with E-state index in [2.05, 4.69) is 21.8 Å². The van der Waals surface area contributed by atoms with Crippen molar-refractivity contribution < 1.29 is 8.42 Å². The molecule has 118 valence electrons. The maximum atomic E-state index is 11.8. The Morgan fingerprint density at radius 3 is 2.48 bits per heavy atom. The minimum absolute atomic E-state index is 0.0693. The van der Waals surface area contributed by atoms with Gasteiger partial charge in [-0.25, -0.2) is 13.1 Å². The molecule has 0 atom stereocenters. The molecule has 0 radical (unpaired) electrons. The lowest BCUT2D eigenvalue weighted by atomic mass is 10.1. The molecule has 0 bridgehead atoms. The highest BCUT2D eigenvalue weighted by molar-refractivity contribution is 7.89. The third-order valence-corrected chi connectivity index (χ3v) is 5.32. The van der Waals surface area contributed by atoms with Crippen LogP contribution >= 0.6 is 0 Å². The Morgan fingerprint density at radius 2 is 1.86 bits per heavy atom. The van der Waals surface area contributed by atoms with Crippen molar-refractivity contribution in [2.75, 3.05) is 25.4 Å². The van der Waals surface area contributed by atoms with Crippen LogP contribution in [0.4, 0.5) is 0 Å². The van der Waals surface area contributed by atoms with Crippen molar-refractivity contribution in [3.8, 4) is 0 Å². The van der Waals surface area contributed by atoms with Gasteiger partial charge in [0.2, 0.25) is 10.0 Å². The molecule has 0 saturated carbocycles. The van der Waals surface area contributed by atoms with Gasteiger partial charge in [-0.1, -0.05) is 30.3 Å². The van der Waals surface area contributed by atoms with E-state index in [0.717, 1.165) is 32.5 Å². The summed E-state index contributed by atoms with van der Waals surface area (Å²) in [6, 6.07) is 10.4. The average Bonchev–Trinajstić information content (AvgIpc) is 2.48. The molecule has 21 heavy (non-hydrogen) atoms. The van der Waals surface area contributed by atoms with Crippen LogP contribution in [0.3, 0.4) is 0 Å². The fourth-order valence-corrected chi connectivity index (χ4v) is 4.04. The van der Waals surface area contributed by atoms with Gasteiger partial charge in [0.15, 0.2) is 0 Å². The van der Waals surface area contributed by atoms with E-state index < -0.39 is 10.0 Å². The van der Waals surface area contributed by atoms with Gasteiger partial charge in [0.05, 0.1) is 5.75 Å². The van der Waals surface area contributed by atoms with Crippen LogP contribution in [0.5, 0.6) is 0 Å². The summed E-state index contributed by atoms with van der Waals surface area (Å²) in [6.45, 7) is 3.21. The van der Waals surface area contributed by atoms with E-state index in [9.17, 15) is 8.42 Å². The number of sulfonamides is 1. The predicted molar refractivity (Wildman–Crippen MR) is 85.3 cm³/mol. The summed E-state index contributed by atoms with van der Waals surface area (Å²) in [5, 5.41) is 0. The molecule has 0 spiro atoms.